The highest BCUT2D eigenvalue weighted by Crippen LogP contribution is 2.39. The summed E-state index contributed by atoms with van der Waals surface area (Å²) < 4.78 is 18.1. The van der Waals surface area contributed by atoms with Gasteiger partial charge in [-0.3, -0.25) is 4.90 Å². The number of hydrogen-bond donors (Lipinski definition) is 4. The molecule has 0 aromatic heterocycles. The van der Waals surface area contributed by atoms with Gasteiger partial charge in [0.2, 0.25) is 0 Å². The molecular weight excluding hydrogens is 707 g/mol. The number of methoxy groups -OCH3 is 1. The van der Waals surface area contributed by atoms with E-state index in [2.05, 4.69) is 15.5 Å². The molecule has 4 N–H and O–H groups in total. The molecule has 2 amide bonds. The lowest BCUT2D eigenvalue weighted by Crippen LogP contribution is -2.47. The van der Waals surface area contributed by atoms with E-state index < -0.39 is 30.4 Å². The Bertz CT molecular complexity index is 1990. The molecule has 0 spiro atoms. The smallest absolute Gasteiger partial charge is 0.328 e. The van der Waals surface area contributed by atoms with Crippen LogP contribution in [-0.4, -0.2) is 66.0 Å². The van der Waals surface area contributed by atoms with Gasteiger partial charge in [-0.25, -0.2) is 9.59 Å². The van der Waals surface area contributed by atoms with Crippen molar-refractivity contribution in [2.75, 3.05) is 20.7 Å². The summed E-state index contributed by atoms with van der Waals surface area (Å²) in [6, 6.07) is 41.6. The number of carbonyl (C=O) groups is 2. The second-order valence-electron chi connectivity index (χ2n) is 14.3. The Kier molecular flexibility index (Phi) is 14.0. The fourth-order valence-corrected chi connectivity index (χ4v) is 6.96. The number of likely N-dealkylation sites (N-methyl/N-ethyl adjacent to an activating group) is 1. The first-order chi connectivity index (χ1) is 27.2. The third-order valence-electron chi connectivity index (χ3n) is 10.4. The molecule has 10 nitrogen and oxygen atoms in total. The van der Waals surface area contributed by atoms with Crippen LogP contribution in [0.2, 0.25) is 0 Å². The second-order valence-corrected chi connectivity index (χ2v) is 14.3. The molecule has 1 fully saturated rings. The molecule has 6 atom stereocenters. The molecule has 10 heteroatoms. The molecule has 5 aromatic rings. The minimum absolute atomic E-state index is 0.0274. The number of carbonyl (C=O) groups excluding carboxylic acids is 2. The van der Waals surface area contributed by atoms with Gasteiger partial charge >= 0.3 is 12.0 Å². The molecule has 6 rings (SSSR count). The summed E-state index contributed by atoms with van der Waals surface area (Å²) in [6.07, 6.45) is -0.761. The molecule has 0 unspecified atom stereocenters. The standard InChI is InChI=1S/C46H51N3O7/c1-31(43(51)37-14-8-5-9-15-37)49(2)29-40-27-42(36-19-17-33(30-50)18-20-36)56-45(55-40)38-23-21-35(22-24-38)39-16-10-13-34(25-39)28-47-46(53)48-41(44(52)54-3)26-32-11-6-4-7-12-32/h4-25,31,40-43,45,50-51H,26-30H2,1-3H3,(H2,47,48,53)/t31-,40-,41-,42+,43-,45+/m0/s1. The van der Waals surface area contributed by atoms with Crippen molar-refractivity contribution in [1.82, 2.24) is 15.5 Å². The Labute approximate surface area is 329 Å². The number of urea groups is 1. The molecule has 0 saturated carbocycles. The minimum Gasteiger partial charge on any atom is -0.467 e. The van der Waals surface area contributed by atoms with E-state index in [0.29, 0.717) is 19.4 Å². The zero-order valence-corrected chi connectivity index (χ0v) is 32.1. The minimum atomic E-state index is -0.821. The fraction of sp³-hybridized carbons (Fsp3) is 0.304. The predicted molar refractivity (Wildman–Crippen MR) is 215 cm³/mol. The summed E-state index contributed by atoms with van der Waals surface area (Å²) >= 11 is 0. The lowest BCUT2D eigenvalue weighted by Gasteiger charge is -2.39. The van der Waals surface area contributed by atoms with Gasteiger partial charge in [0.05, 0.1) is 32.0 Å². The van der Waals surface area contributed by atoms with Crippen LogP contribution in [0.25, 0.3) is 11.1 Å². The normalized spacial score (nSPS) is 18.4. The Balaban J connectivity index is 1.11. The molecule has 0 bridgehead atoms. The van der Waals surface area contributed by atoms with Crippen LogP contribution in [0.15, 0.2) is 133 Å². The zero-order chi connectivity index (χ0) is 39.4. The van der Waals surface area contributed by atoms with Crippen molar-refractivity contribution >= 4 is 12.0 Å². The summed E-state index contributed by atoms with van der Waals surface area (Å²) in [5.41, 5.74) is 7.36. The van der Waals surface area contributed by atoms with Gasteiger partial charge in [0.15, 0.2) is 6.29 Å². The third-order valence-corrected chi connectivity index (χ3v) is 10.4. The number of hydrogen-bond acceptors (Lipinski definition) is 8. The van der Waals surface area contributed by atoms with Gasteiger partial charge in [-0.2, -0.15) is 0 Å². The number of aliphatic hydroxyl groups is 2. The quantitative estimate of drug-likeness (QED) is 0.0839. The van der Waals surface area contributed by atoms with Crippen molar-refractivity contribution in [3.8, 4) is 11.1 Å². The van der Waals surface area contributed by atoms with E-state index in [1.807, 2.05) is 147 Å². The van der Waals surface area contributed by atoms with Gasteiger partial charge in [0, 0.05) is 37.5 Å². The third kappa shape index (κ3) is 10.7. The van der Waals surface area contributed by atoms with E-state index in [9.17, 15) is 19.8 Å². The molecular formula is C46H51N3O7. The van der Waals surface area contributed by atoms with Crippen LogP contribution in [0.1, 0.15) is 65.2 Å². The lowest BCUT2D eigenvalue weighted by molar-refractivity contribution is -0.253. The molecule has 292 valence electrons. The number of aliphatic hydroxyl groups excluding tert-OH is 2. The monoisotopic (exact) mass is 757 g/mol. The summed E-state index contributed by atoms with van der Waals surface area (Å²) in [5, 5.41) is 26.3. The molecule has 1 aliphatic heterocycles. The van der Waals surface area contributed by atoms with Gasteiger partial charge in [-0.1, -0.05) is 127 Å². The van der Waals surface area contributed by atoms with Gasteiger partial charge in [0.1, 0.15) is 6.04 Å². The summed E-state index contributed by atoms with van der Waals surface area (Å²) in [6.45, 7) is 2.84. The maximum atomic E-state index is 12.8. The molecule has 0 radical (unpaired) electrons. The highest BCUT2D eigenvalue weighted by atomic mass is 16.7. The summed E-state index contributed by atoms with van der Waals surface area (Å²) in [5.74, 6) is -0.512. The van der Waals surface area contributed by atoms with E-state index in [1.165, 1.54) is 7.11 Å². The van der Waals surface area contributed by atoms with E-state index in [0.717, 1.165) is 44.5 Å². The molecule has 1 saturated heterocycles. The number of nitrogens with one attached hydrogen (secondary N) is 2. The van der Waals surface area contributed by atoms with E-state index in [4.69, 9.17) is 14.2 Å². The Morgan fingerprint density at radius 1 is 0.804 bits per heavy atom. The number of rotatable bonds is 15. The van der Waals surface area contributed by atoms with E-state index >= 15 is 0 Å². The average Bonchev–Trinajstić information content (AvgIpc) is 3.25. The molecule has 1 heterocycles. The van der Waals surface area contributed by atoms with Gasteiger partial charge in [-0.15, -0.1) is 0 Å². The van der Waals surface area contributed by atoms with Crippen LogP contribution < -0.4 is 10.6 Å². The zero-order valence-electron chi connectivity index (χ0n) is 32.1. The van der Waals surface area contributed by atoms with Crippen molar-refractivity contribution in [1.29, 1.82) is 0 Å². The number of esters is 1. The maximum absolute atomic E-state index is 12.8. The first-order valence-electron chi connectivity index (χ1n) is 19.0. The first-order valence-corrected chi connectivity index (χ1v) is 19.0. The second kappa shape index (κ2) is 19.5. The first kappa shape index (κ1) is 40.3. The van der Waals surface area contributed by atoms with Gasteiger partial charge in [0.25, 0.3) is 0 Å². The molecule has 5 aromatic carbocycles. The van der Waals surface area contributed by atoms with E-state index in [1.54, 1.807) is 0 Å². The topological polar surface area (TPSA) is 130 Å². The van der Waals surface area contributed by atoms with Crippen molar-refractivity contribution in [2.45, 2.75) is 69.6 Å². The number of ether oxygens (including phenoxy) is 3. The Hall–Kier alpha value is -5.36. The van der Waals surface area contributed by atoms with Crippen molar-refractivity contribution in [3.05, 3.63) is 167 Å². The van der Waals surface area contributed by atoms with Gasteiger partial charge < -0.3 is 35.1 Å². The number of amides is 2. The van der Waals surface area contributed by atoms with Crippen LogP contribution in [-0.2, 0) is 38.6 Å². The maximum Gasteiger partial charge on any atom is 0.328 e. The van der Waals surface area contributed by atoms with Crippen LogP contribution in [0.4, 0.5) is 4.79 Å². The highest BCUT2D eigenvalue weighted by Gasteiger charge is 2.34. The van der Waals surface area contributed by atoms with Crippen LogP contribution in [0.3, 0.4) is 0 Å². The van der Waals surface area contributed by atoms with E-state index in [-0.39, 0.29) is 31.4 Å². The highest BCUT2D eigenvalue weighted by molar-refractivity contribution is 5.83. The molecule has 0 aliphatic carbocycles. The number of benzene rings is 5. The fourth-order valence-electron chi connectivity index (χ4n) is 6.96. The SMILES string of the molecule is COC(=O)[C@H](Cc1ccccc1)NC(=O)NCc1cccc(-c2ccc([C@@H]3O[C@H](CN(C)[C@@H](C)[C@H](O)c4ccccc4)C[C@H](c4ccc(CO)cc4)O3)cc2)c1. The molecule has 56 heavy (non-hydrogen) atoms. The van der Waals surface area contributed by atoms with Crippen molar-refractivity contribution in [3.63, 3.8) is 0 Å². The van der Waals surface area contributed by atoms with Crippen LogP contribution in [0, 0.1) is 0 Å². The predicted octanol–water partition coefficient (Wildman–Crippen LogP) is 7.03. The van der Waals surface area contributed by atoms with Gasteiger partial charge in [-0.05, 0) is 59.0 Å². The van der Waals surface area contributed by atoms with Crippen LogP contribution in [0.5, 0.6) is 0 Å². The van der Waals surface area contributed by atoms with Crippen molar-refractivity contribution < 1.29 is 34.0 Å². The molecule has 1 aliphatic rings. The average molecular weight is 758 g/mol. The number of nitrogens with zero attached hydrogens (tertiary/aromatic N) is 1. The van der Waals surface area contributed by atoms with Crippen molar-refractivity contribution in [2.24, 2.45) is 0 Å². The largest absolute Gasteiger partial charge is 0.467 e. The Morgan fingerprint density at radius 2 is 1.46 bits per heavy atom. The summed E-state index contributed by atoms with van der Waals surface area (Å²) in [7, 11) is 3.31. The Morgan fingerprint density at radius 3 is 2.14 bits per heavy atom. The van der Waals surface area contributed by atoms with Crippen LogP contribution >= 0.6 is 0 Å². The lowest BCUT2D eigenvalue weighted by atomic mass is 9.98. The summed E-state index contributed by atoms with van der Waals surface area (Å²) in [4.78, 5) is 27.4.